The largest absolute Gasteiger partial charge is 0.330 e. The molecule has 0 saturated carbocycles. The third-order valence-corrected chi connectivity index (χ3v) is 1.58. The third kappa shape index (κ3) is 1.98. The second kappa shape index (κ2) is 2.96. The quantitative estimate of drug-likeness (QED) is 0.639. The van der Waals surface area contributed by atoms with Crippen molar-refractivity contribution < 1.29 is 9.18 Å². The third-order valence-electron chi connectivity index (χ3n) is 1.58. The summed E-state index contributed by atoms with van der Waals surface area (Å²) in [5.41, 5.74) is 3.69. The highest BCUT2D eigenvalue weighted by atomic mass is 19.1. The van der Waals surface area contributed by atoms with Gasteiger partial charge in [0.25, 0.3) is 0 Å². The number of carbonyl (C=O) groups is 1. The number of carbonyl (C=O) groups excluding carboxylic acids is 1. The summed E-state index contributed by atoms with van der Waals surface area (Å²) in [6, 6.07) is 0. The zero-order valence-corrected chi connectivity index (χ0v) is 6.09. The van der Waals surface area contributed by atoms with Crippen LogP contribution in [0.1, 0.15) is 6.42 Å². The fourth-order valence-corrected chi connectivity index (χ4v) is 0.940. The minimum absolute atomic E-state index is 0.171. The highest BCUT2D eigenvalue weighted by Crippen LogP contribution is 2.21. The Morgan fingerprint density at radius 1 is 1.45 bits per heavy atom. The van der Waals surface area contributed by atoms with Crippen molar-refractivity contribution in [3.63, 3.8) is 0 Å². The van der Waals surface area contributed by atoms with Crippen molar-refractivity contribution in [2.75, 3.05) is 6.54 Å². The van der Waals surface area contributed by atoms with E-state index in [1.54, 1.807) is 0 Å². The number of rotatable bonds is 2. The van der Waals surface area contributed by atoms with Crippen LogP contribution in [0.5, 0.6) is 0 Å². The Hall–Kier alpha value is -0.960. The molecule has 0 spiro atoms. The van der Waals surface area contributed by atoms with Crippen molar-refractivity contribution in [3.8, 4) is 0 Å². The summed E-state index contributed by atoms with van der Waals surface area (Å²) < 4.78 is 13.3. The average molecular weight is 155 g/mol. The van der Waals surface area contributed by atoms with Gasteiger partial charge >= 0.3 is 0 Å². The van der Waals surface area contributed by atoms with Crippen LogP contribution in [-0.4, -0.2) is 18.0 Å². The normalized spacial score (nSPS) is 20.7. The summed E-state index contributed by atoms with van der Waals surface area (Å²) in [5.74, 6) is -0.171. The molecule has 0 aromatic carbocycles. The molecule has 11 heavy (non-hydrogen) atoms. The minimum atomic E-state index is -1.50. The average Bonchev–Trinajstić information content (AvgIpc) is 1.97. The smallest absolute Gasteiger partial charge is 0.178 e. The molecule has 0 aromatic heterocycles. The molecule has 2 N–H and O–H groups in total. The predicted molar refractivity (Wildman–Crippen MR) is 40.8 cm³/mol. The van der Waals surface area contributed by atoms with E-state index in [1.165, 1.54) is 24.3 Å². The highest BCUT2D eigenvalue weighted by molar-refractivity contribution is 6.00. The van der Waals surface area contributed by atoms with E-state index in [0.29, 0.717) is 0 Å². The van der Waals surface area contributed by atoms with E-state index in [1.807, 2.05) is 0 Å². The highest BCUT2D eigenvalue weighted by Gasteiger charge is 2.24. The van der Waals surface area contributed by atoms with E-state index in [-0.39, 0.29) is 18.7 Å². The van der Waals surface area contributed by atoms with Crippen molar-refractivity contribution in [2.24, 2.45) is 5.73 Å². The minimum Gasteiger partial charge on any atom is -0.330 e. The van der Waals surface area contributed by atoms with Crippen molar-refractivity contribution in [3.05, 3.63) is 24.3 Å². The van der Waals surface area contributed by atoms with Gasteiger partial charge < -0.3 is 5.73 Å². The molecule has 1 aliphatic carbocycles. The fraction of sp³-hybridized carbons (Fsp3) is 0.375. The van der Waals surface area contributed by atoms with Gasteiger partial charge in [0, 0.05) is 6.42 Å². The fourth-order valence-electron chi connectivity index (χ4n) is 0.940. The summed E-state index contributed by atoms with van der Waals surface area (Å²) in [4.78, 5) is 10.6. The Balaban J connectivity index is 2.68. The van der Waals surface area contributed by atoms with Crippen LogP contribution in [0.2, 0.25) is 0 Å². The molecule has 0 atom stereocenters. The zero-order valence-electron chi connectivity index (χ0n) is 6.09. The summed E-state index contributed by atoms with van der Waals surface area (Å²) in [5, 5.41) is 0. The van der Waals surface area contributed by atoms with Gasteiger partial charge in [0.2, 0.25) is 0 Å². The lowest BCUT2D eigenvalue weighted by molar-refractivity contribution is -0.110. The number of ketones is 1. The van der Waals surface area contributed by atoms with Crippen LogP contribution in [0.15, 0.2) is 24.3 Å². The first-order valence-corrected chi connectivity index (χ1v) is 3.48. The number of halogens is 1. The van der Waals surface area contributed by atoms with Crippen molar-refractivity contribution in [1.82, 2.24) is 0 Å². The maximum Gasteiger partial charge on any atom is 0.178 e. The SMILES string of the molecule is NCCC1(F)C=CC(=O)C=C1. The summed E-state index contributed by atoms with van der Waals surface area (Å²) in [6.07, 6.45) is 5.20. The molecule has 0 heterocycles. The number of hydrogen-bond donors (Lipinski definition) is 1. The molecule has 0 saturated heterocycles. The Morgan fingerprint density at radius 2 is 2.00 bits per heavy atom. The molecule has 3 heteroatoms. The number of nitrogens with two attached hydrogens (primary N) is 1. The molecule has 0 radical (unpaired) electrons. The molecule has 0 amide bonds. The molecule has 1 rings (SSSR count). The van der Waals surface area contributed by atoms with Gasteiger partial charge in [-0.05, 0) is 30.8 Å². The molecular formula is C8H10FNO. The van der Waals surface area contributed by atoms with E-state index >= 15 is 0 Å². The Kier molecular flexibility index (Phi) is 2.19. The van der Waals surface area contributed by atoms with Crippen LogP contribution in [0.4, 0.5) is 4.39 Å². The van der Waals surface area contributed by atoms with Gasteiger partial charge in [-0.25, -0.2) is 4.39 Å². The van der Waals surface area contributed by atoms with Gasteiger partial charge in [0.1, 0.15) is 5.67 Å². The molecule has 0 unspecified atom stereocenters. The second-order valence-corrected chi connectivity index (χ2v) is 2.53. The standard InChI is InChI=1S/C8H10FNO/c9-8(5-6-10)3-1-7(11)2-4-8/h1-4H,5-6,10H2. The molecule has 0 aromatic rings. The molecule has 60 valence electrons. The second-order valence-electron chi connectivity index (χ2n) is 2.53. The monoisotopic (exact) mass is 155 g/mol. The summed E-state index contributed by atoms with van der Waals surface area (Å²) in [7, 11) is 0. The molecule has 0 aliphatic heterocycles. The van der Waals surface area contributed by atoms with Crippen LogP contribution in [0, 0.1) is 0 Å². The van der Waals surface area contributed by atoms with E-state index < -0.39 is 5.67 Å². The van der Waals surface area contributed by atoms with Crippen LogP contribution in [-0.2, 0) is 4.79 Å². The number of alkyl halides is 1. The van der Waals surface area contributed by atoms with E-state index in [0.717, 1.165) is 0 Å². The Morgan fingerprint density at radius 3 is 2.45 bits per heavy atom. The lowest BCUT2D eigenvalue weighted by atomic mass is 9.96. The van der Waals surface area contributed by atoms with Gasteiger partial charge in [0.15, 0.2) is 5.78 Å². The van der Waals surface area contributed by atoms with Gasteiger partial charge in [-0.2, -0.15) is 0 Å². The van der Waals surface area contributed by atoms with Gasteiger partial charge in [-0.15, -0.1) is 0 Å². The van der Waals surface area contributed by atoms with Crippen LogP contribution < -0.4 is 5.73 Å². The van der Waals surface area contributed by atoms with Crippen LogP contribution in [0.25, 0.3) is 0 Å². The topological polar surface area (TPSA) is 43.1 Å². The molecule has 2 nitrogen and oxygen atoms in total. The van der Waals surface area contributed by atoms with Crippen LogP contribution in [0.3, 0.4) is 0 Å². The lowest BCUT2D eigenvalue weighted by Gasteiger charge is -2.17. The Bertz CT molecular complexity index is 204. The van der Waals surface area contributed by atoms with Crippen molar-refractivity contribution in [2.45, 2.75) is 12.1 Å². The predicted octanol–water partition coefficient (Wildman–Crippen LogP) is 0.739. The lowest BCUT2D eigenvalue weighted by Crippen LogP contribution is -2.23. The van der Waals surface area contributed by atoms with Crippen molar-refractivity contribution >= 4 is 5.78 Å². The zero-order chi connectivity index (χ0) is 8.32. The number of hydrogen-bond acceptors (Lipinski definition) is 2. The maximum atomic E-state index is 13.3. The van der Waals surface area contributed by atoms with Gasteiger partial charge in [-0.1, -0.05) is 0 Å². The molecular weight excluding hydrogens is 145 g/mol. The first-order valence-electron chi connectivity index (χ1n) is 3.48. The van der Waals surface area contributed by atoms with Crippen molar-refractivity contribution in [1.29, 1.82) is 0 Å². The van der Waals surface area contributed by atoms with E-state index in [2.05, 4.69) is 0 Å². The molecule has 0 fully saturated rings. The molecule has 1 aliphatic rings. The Labute approximate surface area is 64.6 Å². The van der Waals surface area contributed by atoms with Crippen LogP contribution >= 0.6 is 0 Å². The number of allylic oxidation sites excluding steroid dienone is 4. The summed E-state index contributed by atoms with van der Waals surface area (Å²) in [6.45, 7) is 0.277. The van der Waals surface area contributed by atoms with E-state index in [9.17, 15) is 9.18 Å². The summed E-state index contributed by atoms with van der Waals surface area (Å²) >= 11 is 0. The van der Waals surface area contributed by atoms with Gasteiger partial charge in [0.05, 0.1) is 0 Å². The van der Waals surface area contributed by atoms with E-state index in [4.69, 9.17) is 5.73 Å². The van der Waals surface area contributed by atoms with Gasteiger partial charge in [-0.3, -0.25) is 4.79 Å². The molecule has 0 bridgehead atoms. The first-order chi connectivity index (χ1) is 5.16. The first kappa shape index (κ1) is 8.14. The maximum absolute atomic E-state index is 13.3.